The summed E-state index contributed by atoms with van der Waals surface area (Å²) in [7, 11) is 0. The van der Waals surface area contributed by atoms with Crippen LogP contribution in [0.15, 0.2) is 115 Å². The number of rotatable bonds is 6. The predicted octanol–water partition coefficient (Wildman–Crippen LogP) is 5.47. The minimum absolute atomic E-state index is 0.0427. The largest absolute Gasteiger partial charge is 0.445 e. The van der Waals surface area contributed by atoms with Gasteiger partial charge < -0.3 is 9.47 Å². The zero-order valence-corrected chi connectivity index (χ0v) is 15.3. The van der Waals surface area contributed by atoms with Crippen LogP contribution in [0.5, 0.6) is 11.5 Å². The summed E-state index contributed by atoms with van der Waals surface area (Å²) >= 11 is 0. The van der Waals surface area contributed by atoms with Crippen molar-refractivity contribution in [3.05, 3.63) is 121 Å². The van der Waals surface area contributed by atoms with Gasteiger partial charge in [0.25, 0.3) is 5.79 Å². The Labute approximate surface area is 164 Å². The van der Waals surface area contributed by atoms with Crippen molar-refractivity contribution in [3.8, 4) is 11.5 Å². The van der Waals surface area contributed by atoms with Crippen LogP contribution in [0.2, 0.25) is 0 Å². The molecule has 28 heavy (non-hydrogen) atoms. The van der Waals surface area contributed by atoms with Gasteiger partial charge >= 0.3 is 0 Å². The molecule has 0 amide bonds. The first-order chi connectivity index (χ1) is 13.7. The van der Waals surface area contributed by atoms with Gasteiger partial charge in [-0.3, -0.25) is 4.79 Å². The molecule has 3 aromatic carbocycles. The smallest absolute Gasteiger partial charge is 0.291 e. The van der Waals surface area contributed by atoms with Crippen LogP contribution < -0.4 is 9.47 Å². The lowest BCUT2D eigenvalue weighted by molar-refractivity contribution is -0.0293. The molecule has 4 rings (SSSR count). The highest BCUT2D eigenvalue weighted by molar-refractivity contribution is 6.00. The van der Waals surface area contributed by atoms with E-state index in [1.807, 2.05) is 103 Å². The quantitative estimate of drug-likeness (QED) is 0.329. The van der Waals surface area contributed by atoms with E-state index in [-0.39, 0.29) is 11.7 Å². The third-order valence-electron chi connectivity index (χ3n) is 4.47. The van der Waals surface area contributed by atoms with E-state index in [0.717, 1.165) is 0 Å². The highest BCUT2D eigenvalue weighted by atomic mass is 16.7. The lowest BCUT2D eigenvalue weighted by Gasteiger charge is -2.32. The molecule has 0 radical (unpaired) electrons. The molecule has 0 N–H and O–H groups in total. The van der Waals surface area contributed by atoms with Gasteiger partial charge in [-0.1, -0.05) is 78.9 Å². The van der Waals surface area contributed by atoms with Gasteiger partial charge in [-0.15, -0.1) is 0 Å². The van der Waals surface area contributed by atoms with Crippen molar-refractivity contribution in [2.24, 2.45) is 5.92 Å². The van der Waals surface area contributed by atoms with Gasteiger partial charge in [0.15, 0.2) is 5.78 Å². The third kappa shape index (κ3) is 4.04. The van der Waals surface area contributed by atoms with Crippen molar-refractivity contribution in [1.29, 1.82) is 0 Å². The molecular formula is C25H20O3. The van der Waals surface area contributed by atoms with E-state index in [1.54, 1.807) is 12.2 Å². The van der Waals surface area contributed by atoms with Crippen molar-refractivity contribution in [3.63, 3.8) is 0 Å². The Balaban J connectivity index is 1.60. The predicted molar refractivity (Wildman–Crippen MR) is 109 cm³/mol. The molecule has 1 aliphatic carbocycles. The van der Waals surface area contributed by atoms with Crippen molar-refractivity contribution in [2.75, 3.05) is 0 Å². The number of allylic oxidation sites excluding steroid dienone is 2. The second-order valence-electron chi connectivity index (χ2n) is 6.53. The summed E-state index contributed by atoms with van der Waals surface area (Å²) in [4.78, 5) is 12.7. The monoisotopic (exact) mass is 368 g/mol. The fraction of sp³-hybridized carbons (Fsp3) is 0.0800. The lowest BCUT2D eigenvalue weighted by Crippen LogP contribution is -2.40. The fourth-order valence-electron chi connectivity index (χ4n) is 3.07. The van der Waals surface area contributed by atoms with Gasteiger partial charge in [0, 0.05) is 17.7 Å². The van der Waals surface area contributed by atoms with Crippen molar-refractivity contribution in [2.45, 2.75) is 5.79 Å². The Morgan fingerprint density at radius 3 is 1.54 bits per heavy atom. The van der Waals surface area contributed by atoms with Crippen LogP contribution in [-0.2, 0) is 0 Å². The first-order valence-electron chi connectivity index (χ1n) is 9.20. The number of Topliss-reactive ketones (excluding diaryl/α,β-unsaturated/α-hetero) is 1. The molecule has 0 bridgehead atoms. The van der Waals surface area contributed by atoms with E-state index in [1.165, 1.54) is 0 Å². The van der Waals surface area contributed by atoms with E-state index in [2.05, 4.69) is 0 Å². The van der Waals surface area contributed by atoms with Gasteiger partial charge in [0.2, 0.25) is 0 Å². The van der Waals surface area contributed by atoms with Crippen molar-refractivity contribution >= 4 is 5.78 Å². The standard InChI is InChI=1S/C25H20O3/c26-24(20-10-4-1-5-11-20)21-16-18-25(19-17-21,27-22-12-6-2-7-13-22)28-23-14-8-3-9-15-23/h1-19,21H. The second-order valence-corrected chi connectivity index (χ2v) is 6.53. The molecule has 0 spiro atoms. The minimum atomic E-state index is -1.11. The average Bonchev–Trinajstić information content (AvgIpc) is 2.76. The van der Waals surface area contributed by atoms with Crippen LogP contribution in [0, 0.1) is 5.92 Å². The summed E-state index contributed by atoms with van der Waals surface area (Å²) in [5.74, 6) is -0.0626. The molecule has 0 atom stereocenters. The normalized spacial score (nSPS) is 15.1. The lowest BCUT2D eigenvalue weighted by atomic mass is 9.92. The van der Waals surface area contributed by atoms with Gasteiger partial charge in [0.1, 0.15) is 11.5 Å². The molecule has 0 fully saturated rings. The molecule has 0 aliphatic heterocycles. The molecular weight excluding hydrogens is 348 g/mol. The van der Waals surface area contributed by atoms with E-state index in [9.17, 15) is 4.79 Å². The van der Waals surface area contributed by atoms with Crippen LogP contribution in [0.3, 0.4) is 0 Å². The van der Waals surface area contributed by atoms with Crippen LogP contribution in [0.4, 0.5) is 0 Å². The Morgan fingerprint density at radius 2 is 1.07 bits per heavy atom. The average molecular weight is 368 g/mol. The van der Waals surface area contributed by atoms with Gasteiger partial charge in [0.05, 0.1) is 5.92 Å². The van der Waals surface area contributed by atoms with Gasteiger partial charge in [-0.2, -0.15) is 0 Å². The fourth-order valence-corrected chi connectivity index (χ4v) is 3.07. The highest BCUT2D eigenvalue weighted by Gasteiger charge is 2.33. The molecule has 0 aromatic heterocycles. The van der Waals surface area contributed by atoms with Gasteiger partial charge in [-0.05, 0) is 24.3 Å². The summed E-state index contributed by atoms with van der Waals surface area (Å²) in [6.45, 7) is 0. The summed E-state index contributed by atoms with van der Waals surface area (Å²) in [6, 6.07) is 28.3. The molecule has 0 saturated heterocycles. The summed E-state index contributed by atoms with van der Waals surface area (Å²) in [5, 5.41) is 0. The van der Waals surface area contributed by atoms with Crippen molar-refractivity contribution in [1.82, 2.24) is 0 Å². The Kier molecular flexibility index (Phi) is 5.07. The third-order valence-corrected chi connectivity index (χ3v) is 4.47. The number of benzene rings is 3. The Morgan fingerprint density at radius 1 is 0.643 bits per heavy atom. The Bertz CT molecular complexity index is 919. The molecule has 3 nitrogen and oxygen atoms in total. The number of carbonyl (C=O) groups is 1. The number of hydrogen-bond donors (Lipinski definition) is 0. The van der Waals surface area contributed by atoms with Crippen molar-refractivity contribution < 1.29 is 14.3 Å². The molecule has 3 heteroatoms. The summed E-state index contributed by atoms with van der Waals surface area (Å²) in [6.07, 6.45) is 7.28. The maximum Gasteiger partial charge on any atom is 0.291 e. The molecule has 3 aromatic rings. The molecule has 0 unspecified atom stereocenters. The first-order valence-corrected chi connectivity index (χ1v) is 9.20. The summed E-state index contributed by atoms with van der Waals surface area (Å²) in [5.41, 5.74) is 0.683. The Hall–Kier alpha value is -3.59. The number of para-hydroxylation sites is 2. The zero-order valence-electron chi connectivity index (χ0n) is 15.3. The topological polar surface area (TPSA) is 35.5 Å². The maximum absolute atomic E-state index is 12.7. The first kappa shape index (κ1) is 17.8. The molecule has 0 heterocycles. The molecule has 0 saturated carbocycles. The zero-order chi connectivity index (χ0) is 19.2. The van der Waals surface area contributed by atoms with Crippen LogP contribution in [0.1, 0.15) is 10.4 Å². The number of ether oxygens (including phenoxy) is 2. The van der Waals surface area contributed by atoms with E-state index in [0.29, 0.717) is 17.1 Å². The SMILES string of the molecule is O=C(c1ccccc1)C1C=CC(Oc2ccccc2)(Oc2ccccc2)C=C1. The van der Waals surface area contributed by atoms with E-state index in [4.69, 9.17) is 9.47 Å². The highest BCUT2D eigenvalue weighted by Crippen LogP contribution is 2.30. The molecule has 138 valence electrons. The van der Waals surface area contributed by atoms with E-state index >= 15 is 0 Å². The van der Waals surface area contributed by atoms with Crippen LogP contribution >= 0.6 is 0 Å². The van der Waals surface area contributed by atoms with Crippen LogP contribution in [-0.4, -0.2) is 11.6 Å². The summed E-state index contributed by atoms with van der Waals surface area (Å²) < 4.78 is 12.3. The second kappa shape index (κ2) is 7.97. The minimum Gasteiger partial charge on any atom is -0.445 e. The number of ketones is 1. The van der Waals surface area contributed by atoms with E-state index < -0.39 is 5.79 Å². The van der Waals surface area contributed by atoms with Gasteiger partial charge in [-0.25, -0.2) is 0 Å². The number of hydrogen-bond acceptors (Lipinski definition) is 3. The number of carbonyl (C=O) groups excluding carboxylic acids is 1. The molecule has 1 aliphatic rings. The maximum atomic E-state index is 12.7. The van der Waals surface area contributed by atoms with Crippen LogP contribution in [0.25, 0.3) is 0 Å².